The summed E-state index contributed by atoms with van der Waals surface area (Å²) in [5.74, 6) is 1.17. The van der Waals surface area contributed by atoms with E-state index in [2.05, 4.69) is 17.1 Å². The van der Waals surface area contributed by atoms with Crippen LogP contribution in [-0.4, -0.2) is 16.7 Å². The Kier molecular flexibility index (Phi) is 3.79. The zero-order valence-electron chi connectivity index (χ0n) is 10.6. The minimum Gasteiger partial charge on any atom is -0.367 e. The van der Waals surface area contributed by atoms with Crippen LogP contribution in [0.4, 0.5) is 0 Å². The third-order valence-corrected chi connectivity index (χ3v) is 3.32. The van der Waals surface area contributed by atoms with Crippen molar-refractivity contribution in [1.29, 1.82) is 0 Å². The predicted molar refractivity (Wildman–Crippen MR) is 63.3 cm³/mol. The van der Waals surface area contributed by atoms with E-state index in [1.54, 1.807) is 0 Å². The van der Waals surface area contributed by atoms with Gasteiger partial charge in [-0.15, -0.1) is 0 Å². The Morgan fingerprint density at radius 1 is 1.53 bits per heavy atom. The van der Waals surface area contributed by atoms with Gasteiger partial charge in [0, 0.05) is 6.61 Å². The van der Waals surface area contributed by atoms with Crippen LogP contribution in [0.3, 0.4) is 0 Å². The molecule has 0 aliphatic carbocycles. The molecule has 0 radical (unpaired) electrons. The molecule has 0 saturated carbocycles. The van der Waals surface area contributed by atoms with Crippen LogP contribution in [0, 0.1) is 0 Å². The van der Waals surface area contributed by atoms with Crippen molar-refractivity contribution in [3.63, 3.8) is 0 Å². The van der Waals surface area contributed by atoms with Gasteiger partial charge in [-0.2, -0.15) is 4.98 Å². The maximum absolute atomic E-state index is 6.00. The van der Waals surface area contributed by atoms with Crippen LogP contribution in [0.15, 0.2) is 4.52 Å². The van der Waals surface area contributed by atoms with Gasteiger partial charge in [0.2, 0.25) is 11.7 Å². The first-order valence-electron chi connectivity index (χ1n) is 6.39. The third kappa shape index (κ3) is 2.66. The van der Waals surface area contributed by atoms with Gasteiger partial charge in [0.05, 0.1) is 6.04 Å². The lowest BCUT2D eigenvalue weighted by Crippen LogP contribution is -2.22. The number of rotatable bonds is 5. The summed E-state index contributed by atoms with van der Waals surface area (Å²) in [5.41, 5.74) is 5.62. The largest absolute Gasteiger partial charge is 0.367 e. The summed E-state index contributed by atoms with van der Waals surface area (Å²) < 4.78 is 10.9. The van der Waals surface area contributed by atoms with E-state index in [0.717, 1.165) is 38.7 Å². The Bertz CT molecular complexity index is 358. The van der Waals surface area contributed by atoms with Gasteiger partial charge in [0.15, 0.2) is 0 Å². The number of nitrogens with two attached hydrogens (primary N) is 1. The minimum atomic E-state index is -0.383. The van der Waals surface area contributed by atoms with Crippen molar-refractivity contribution >= 4 is 0 Å². The monoisotopic (exact) mass is 239 g/mol. The number of hydrogen-bond donors (Lipinski definition) is 1. The van der Waals surface area contributed by atoms with E-state index in [9.17, 15) is 0 Å². The lowest BCUT2D eigenvalue weighted by molar-refractivity contribution is 0.00768. The molecule has 5 heteroatoms. The van der Waals surface area contributed by atoms with E-state index in [1.165, 1.54) is 0 Å². The van der Waals surface area contributed by atoms with Crippen LogP contribution in [-0.2, 0) is 10.3 Å². The molecule has 0 amide bonds. The van der Waals surface area contributed by atoms with Gasteiger partial charge in [-0.05, 0) is 26.2 Å². The van der Waals surface area contributed by atoms with E-state index in [4.69, 9.17) is 15.0 Å². The summed E-state index contributed by atoms with van der Waals surface area (Å²) in [4.78, 5) is 4.39. The highest BCUT2D eigenvalue weighted by molar-refractivity contribution is 5.03. The molecule has 1 saturated heterocycles. The molecule has 2 unspecified atom stereocenters. The molecule has 5 nitrogen and oxygen atoms in total. The van der Waals surface area contributed by atoms with E-state index >= 15 is 0 Å². The number of ether oxygens (including phenoxy) is 1. The molecular formula is C12H21N3O2. The zero-order valence-corrected chi connectivity index (χ0v) is 10.6. The number of unbranched alkanes of at least 4 members (excludes halogenated alkanes) is 1. The van der Waals surface area contributed by atoms with Gasteiger partial charge in [-0.3, -0.25) is 0 Å². The average Bonchev–Trinajstić information content (AvgIpc) is 2.95. The zero-order chi connectivity index (χ0) is 12.3. The Balaban J connectivity index is 2.05. The minimum absolute atomic E-state index is 0.152. The highest BCUT2D eigenvalue weighted by Crippen LogP contribution is 2.34. The van der Waals surface area contributed by atoms with Crippen LogP contribution >= 0.6 is 0 Å². The molecule has 0 bridgehead atoms. The van der Waals surface area contributed by atoms with E-state index < -0.39 is 0 Å². The van der Waals surface area contributed by atoms with Crippen LogP contribution < -0.4 is 5.73 Å². The SMILES string of the molecule is CCCCC(N)c1nc(C2(C)CCCO2)no1. The smallest absolute Gasteiger partial charge is 0.243 e. The molecule has 2 atom stereocenters. The highest BCUT2D eigenvalue weighted by Gasteiger charge is 2.37. The normalized spacial score (nSPS) is 26.3. The predicted octanol–water partition coefficient (Wildman–Crippen LogP) is 2.29. The van der Waals surface area contributed by atoms with Gasteiger partial charge >= 0.3 is 0 Å². The molecule has 2 rings (SSSR count). The maximum Gasteiger partial charge on any atom is 0.243 e. The van der Waals surface area contributed by atoms with Crippen molar-refractivity contribution in [3.8, 4) is 0 Å². The number of hydrogen-bond acceptors (Lipinski definition) is 5. The number of aromatic nitrogens is 2. The standard InChI is InChI=1S/C12H21N3O2/c1-3-4-6-9(13)10-14-11(15-17-10)12(2)7-5-8-16-12/h9H,3-8,13H2,1-2H3. The second kappa shape index (κ2) is 5.14. The topological polar surface area (TPSA) is 74.2 Å². The van der Waals surface area contributed by atoms with Crippen LogP contribution in [0.1, 0.15) is 63.7 Å². The molecule has 1 aliphatic heterocycles. The first-order valence-corrected chi connectivity index (χ1v) is 6.39. The van der Waals surface area contributed by atoms with Crippen molar-refractivity contribution in [3.05, 3.63) is 11.7 Å². The van der Waals surface area contributed by atoms with Crippen molar-refractivity contribution in [2.75, 3.05) is 6.61 Å². The van der Waals surface area contributed by atoms with E-state index in [0.29, 0.717) is 11.7 Å². The fourth-order valence-electron chi connectivity index (χ4n) is 2.10. The van der Waals surface area contributed by atoms with E-state index in [1.807, 2.05) is 6.92 Å². The molecule has 2 heterocycles. The first-order chi connectivity index (χ1) is 8.15. The summed E-state index contributed by atoms with van der Waals surface area (Å²) in [5, 5.41) is 4.01. The van der Waals surface area contributed by atoms with Gasteiger partial charge in [-0.25, -0.2) is 0 Å². The van der Waals surface area contributed by atoms with Crippen LogP contribution in [0.5, 0.6) is 0 Å². The Morgan fingerprint density at radius 3 is 3.00 bits per heavy atom. The molecule has 96 valence electrons. The Labute approximate surface area is 102 Å². The Hall–Kier alpha value is -0.940. The summed E-state index contributed by atoms with van der Waals surface area (Å²) in [6.07, 6.45) is 5.07. The number of nitrogens with zero attached hydrogens (tertiary/aromatic N) is 2. The highest BCUT2D eigenvalue weighted by atomic mass is 16.5. The fourth-order valence-corrected chi connectivity index (χ4v) is 2.10. The molecule has 1 aromatic heterocycles. The first kappa shape index (κ1) is 12.5. The molecular weight excluding hydrogens is 218 g/mol. The summed E-state index contributed by atoms with van der Waals surface area (Å²) >= 11 is 0. The van der Waals surface area contributed by atoms with Gasteiger partial charge in [-0.1, -0.05) is 24.9 Å². The second-order valence-electron chi connectivity index (χ2n) is 4.89. The van der Waals surface area contributed by atoms with Crippen LogP contribution in [0.2, 0.25) is 0 Å². The van der Waals surface area contributed by atoms with Crippen molar-refractivity contribution in [1.82, 2.24) is 10.1 Å². The molecule has 1 aromatic rings. The van der Waals surface area contributed by atoms with Gasteiger partial charge < -0.3 is 15.0 Å². The lowest BCUT2D eigenvalue weighted by atomic mass is 10.0. The molecule has 2 N–H and O–H groups in total. The summed E-state index contributed by atoms with van der Waals surface area (Å²) in [6, 6.07) is -0.152. The van der Waals surface area contributed by atoms with Gasteiger partial charge in [0.25, 0.3) is 0 Å². The Morgan fingerprint density at radius 2 is 2.35 bits per heavy atom. The average molecular weight is 239 g/mol. The van der Waals surface area contributed by atoms with Crippen molar-refractivity contribution in [2.45, 2.75) is 57.6 Å². The van der Waals surface area contributed by atoms with Crippen molar-refractivity contribution < 1.29 is 9.26 Å². The van der Waals surface area contributed by atoms with Gasteiger partial charge in [0.1, 0.15) is 5.60 Å². The second-order valence-corrected chi connectivity index (χ2v) is 4.89. The fraction of sp³-hybridized carbons (Fsp3) is 0.833. The third-order valence-electron chi connectivity index (χ3n) is 3.32. The molecule has 1 aliphatic rings. The lowest BCUT2D eigenvalue weighted by Gasteiger charge is -2.17. The summed E-state index contributed by atoms with van der Waals surface area (Å²) in [7, 11) is 0. The van der Waals surface area contributed by atoms with E-state index in [-0.39, 0.29) is 11.6 Å². The quantitative estimate of drug-likeness (QED) is 0.853. The maximum atomic E-state index is 6.00. The molecule has 0 aromatic carbocycles. The molecule has 17 heavy (non-hydrogen) atoms. The summed E-state index contributed by atoms with van der Waals surface area (Å²) in [6.45, 7) is 4.91. The van der Waals surface area contributed by atoms with Crippen molar-refractivity contribution in [2.24, 2.45) is 5.73 Å². The van der Waals surface area contributed by atoms with Crippen LogP contribution in [0.25, 0.3) is 0 Å². The molecule has 0 spiro atoms. The molecule has 1 fully saturated rings.